The maximum absolute atomic E-state index is 5.52. The minimum Gasteiger partial charge on any atom is -0.497 e. The second kappa shape index (κ2) is 6.22. The molecule has 0 aliphatic carbocycles. The monoisotopic (exact) mass is 416 g/mol. The molecule has 2 unspecified atom stereocenters. The number of benzene rings is 2. The lowest BCUT2D eigenvalue weighted by Gasteiger charge is -2.42. The molecule has 0 spiro atoms. The van der Waals surface area contributed by atoms with E-state index in [0.29, 0.717) is 18.1 Å². The van der Waals surface area contributed by atoms with Gasteiger partial charge in [-0.05, 0) is 56.0 Å². The van der Waals surface area contributed by atoms with Crippen LogP contribution in [-0.4, -0.2) is 25.2 Å². The first-order valence-electron chi connectivity index (χ1n) is 8.92. The molecule has 5 rings (SSSR count). The number of piperidine rings is 1. The number of fused-ring (bicyclic) bond motifs is 4. The summed E-state index contributed by atoms with van der Waals surface area (Å²) in [6, 6.07) is 15.0. The average molecular weight is 417 g/mol. The van der Waals surface area contributed by atoms with Crippen LogP contribution >= 0.6 is 27.7 Å². The Balaban J connectivity index is 1.63. The van der Waals surface area contributed by atoms with Gasteiger partial charge in [0.1, 0.15) is 5.75 Å². The van der Waals surface area contributed by atoms with Crippen LogP contribution in [0.25, 0.3) is 0 Å². The van der Waals surface area contributed by atoms with Gasteiger partial charge in [0.2, 0.25) is 0 Å². The molecule has 3 aliphatic heterocycles. The third kappa shape index (κ3) is 2.77. The summed E-state index contributed by atoms with van der Waals surface area (Å²) in [5.74, 6) is 0.932. The number of halogens is 1. The van der Waals surface area contributed by atoms with Gasteiger partial charge in [0.15, 0.2) is 0 Å². The molecule has 3 nitrogen and oxygen atoms in total. The van der Waals surface area contributed by atoms with Crippen LogP contribution in [0, 0.1) is 0 Å². The predicted octanol–water partition coefficient (Wildman–Crippen LogP) is 5.34. The SMILES string of the molecule is COc1ccc2c(c1)N(C1CC3CCC(C1)N3)c1ccc(Br)cc1S2. The summed E-state index contributed by atoms with van der Waals surface area (Å²) in [6.07, 6.45) is 5.07. The van der Waals surface area contributed by atoms with E-state index in [2.05, 4.69) is 62.5 Å². The van der Waals surface area contributed by atoms with Crippen LogP contribution in [-0.2, 0) is 0 Å². The number of nitrogens with zero attached hydrogens (tertiary/aromatic N) is 1. The summed E-state index contributed by atoms with van der Waals surface area (Å²) in [7, 11) is 1.75. The van der Waals surface area contributed by atoms with Crippen molar-refractivity contribution in [3.63, 3.8) is 0 Å². The van der Waals surface area contributed by atoms with Crippen LogP contribution in [0.15, 0.2) is 50.7 Å². The molecule has 3 heterocycles. The first-order chi connectivity index (χ1) is 12.2. The molecular weight excluding hydrogens is 396 g/mol. The fourth-order valence-corrected chi connectivity index (χ4v) is 6.15. The zero-order valence-electron chi connectivity index (χ0n) is 14.2. The van der Waals surface area contributed by atoms with Gasteiger partial charge in [0.25, 0.3) is 0 Å². The second-order valence-electron chi connectivity index (χ2n) is 7.18. The normalized spacial score (nSPS) is 27.0. The zero-order chi connectivity index (χ0) is 17.0. The molecule has 2 bridgehead atoms. The van der Waals surface area contributed by atoms with E-state index in [1.807, 2.05) is 11.8 Å². The number of ether oxygens (including phenoxy) is 1. The summed E-state index contributed by atoms with van der Waals surface area (Å²) in [4.78, 5) is 5.23. The Hall–Kier alpha value is -1.17. The van der Waals surface area contributed by atoms with Gasteiger partial charge < -0.3 is 15.0 Å². The van der Waals surface area contributed by atoms with E-state index < -0.39 is 0 Å². The van der Waals surface area contributed by atoms with Gasteiger partial charge in [0.05, 0.1) is 18.5 Å². The van der Waals surface area contributed by atoms with E-state index in [1.54, 1.807) is 7.11 Å². The van der Waals surface area contributed by atoms with Crippen molar-refractivity contribution in [1.29, 1.82) is 0 Å². The van der Waals surface area contributed by atoms with E-state index in [9.17, 15) is 0 Å². The van der Waals surface area contributed by atoms with Crippen molar-refractivity contribution in [2.24, 2.45) is 0 Å². The molecule has 5 heteroatoms. The van der Waals surface area contributed by atoms with E-state index in [-0.39, 0.29) is 0 Å². The van der Waals surface area contributed by atoms with Crippen molar-refractivity contribution in [1.82, 2.24) is 5.32 Å². The third-order valence-corrected chi connectivity index (χ3v) is 7.25. The molecule has 130 valence electrons. The van der Waals surface area contributed by atoms with Crippen LogP contribution < -0.4 is 15.0 Å². The minimum atomic E-state index is 0.547. The predicted molar refractivity (Wildman–Crippen MR) is 106 cm³/mol. The second-order valence-corrected chi connectivity index (χ2v) is 9.18. The van der Waals surface area contributed by atoms with E-state index >= 15 is 0 Å². The van der Waals surface area contributed by atoms with Crippen molar-refractivity contribution >= 4 is 39.1 Å². The molecule has 0 radical (unpaired) electrons. The van der Waals surface area contributed by atoms with Gasteiger partial charge in [-0.15, -0.1) is 0 Å². The first-order valence-corrected chi connectivity index (χ1v) is 10.5. The first kappa shape index (κ1) is 16.0. The number of hydrogen-bond acceptors (Lipinski definition) is 4. The number of methoxy groups -OCH3 is 1. The fourth-order valence-electron chi connectivity index (χ4n) is 4.55. The Kier molecular flexibility index (Phi) is 3.99. The molecule has 2 saturated heterocycles. The molecule has 0 saturated carbocycles. The molecule has 0 aromatic heterocycles. The van der Waals surface area contributed by atoms with E-state index in [0.717, 1.165) is 10.2 Å². The summed E-state index contributed by atoms with van der Waals surface area (Å²) in [6.45, 7) is 0. The highest BCUT2D eigenvalue weighted by atomic mass is 79.9. The number of nitrogens with one attached hydrogen (secondary N) is 1. The van der Waals surface area contributed by atoms with Gasteiger partial charge in [-0.1, -0.05) is 27.7 Å². The van der Waals surface area contributed by atoms with Crippen LogP contribution in [0.1, 0.15) is 25.7 Å². The molecule has 2 aromatic rings. The lowest BCUT2D eigenvalue weighted by Crippen LogP contribution is -2.47. The van der Waals surface area contributed by atoms with Crippen molar-refractivity contribution in [2.75, 3.05) is 12.0 Å². The average Bonchev–Trinajstić information content (AvgIpc) is 2.97. The Morgan fingerprint density at radius 2 is 1.84 bits per heavy atom. The smallest absolute Gasteiger partial charge is 0.121 e. The van der Waals surface area contributed by atoms with Crippen molar-refractivity contribution < 1.29 is 4.74 Å². The third-order valence-electron chi connectivity index (χ3n) is 5.64. The van der Waals surface area contributed by atoms with E-state index in [1.165, 1.54) is 46.8 Å². The maximum atomic E-state index is 5.52. The number of hydrogen-bond donors (Lipinski definition) is 1. The summed E-state index contributed by atoms with van der Waals surface area (Å²) < 4.78 is 6.66. The minimum absolute atomic E-state index is 0.547. The van der Waals surface area contributed by atoms with Crippen LogP contribution in [0.2, 0.25) is 0 Å². The summed E-state index contributed by atoms with van der Waals surface area (Å²) >= 11 is 5.49. The van der Waals surface area contributed by atoms with Gasteiger partial charge in [-0.25, -0.2) is 0 Å². The van der Waals surface area contributed by atoms with Gasteiger partial charge in [-0.3, -0.25) is 0 Å². The Morgan fingerprint density at radius 3 is 2.60 bits per heavy atom. The highest BCUT2D eigenvalue weighted by Crippen LogP contribution is 2.52. The quantitative estimate of drug-likeness (QED) is 0.713. The Bertz CT molecular complexity index is 815. The van der Waals surface area contributed by atoms with Crippen LogP contribution in [0.4, 0.5) is 11.4 Å². The van der Waals surface area contributed by atoms with Gasteiger partial charge in [-0.2, -0.15) is 0 Å². The summed E-state index contributed by atoms with van der Waals surface area (Å²) in [5, 5.41) is 3.77. The molecule has 3 aliphatic rings. The Morgan fingerprint density at radius 1 is 1.04 bits per heavy atom. The lowest BCUT2D eigenvalue weighted by atomic mass is 9.96. The number of anilines is 2. The maximum Gasteiger partial charge on any atom is 0.121 e. The molecule has 2 aromatic carbocycles. The highest BCUT2D eigenvalue weighted by molar-refractivity contribution is 9.10. The van der Waals surface area contributed by atoms with Crippen LogP contribution in [0.3, 0.4) is 0 Å². The fraction of sp³-hybridized carbons (Fsp3) is 0.400. The highest BCUT2D eigenvalue weighted by Gasteiger charge is 2.39. The lowest BCUT2D eigenvalue weighted by molar-refractivity contribution is 0.358. The van der Waals surface area contributed by atoms with Gasteiger partial charge >= 0.3 is 0 Å². The molecule has 1 N–H and O–H groups in total. The van der Waals surface area contributed by atoms with E-state index in [4.69, 9.17) is 4.74 Å². The number of rotatable bonds is 2. The Labute approximate surface area is 161 Å². The molecule has 25 heavy (non-hydrogen) atoms. The van der Waals surface area contributed by atoms with Crippen LogP contribution in [0.5, 0.6) is 5.75 Å². The largest absolute Gasteiger partial charge is 0.497 e. The van der Waals surface area contributed by atoms with Crippen molar-refractivity contribution in [3.8, 4) is 5.75 Å². The molecule has 2 atom stereocenters. The summed E-state index contributed by atoms with van der Waals surface area (Å²) in [5.41, 5.74) is 2.63. The molecule has 2 fully saturated rings. The molecular formula is C20H21BrN2OS. The van der Waals surface area contributed by atoms with Gasteiger partial charge in [0, 0.05) is 38.5 Å². The topological polar surface area (TPSA) is 24.5 Å². The zero-order valence-corrected chi connectivity index (χ0v) is 16.6. The molecule has 0 amide bonds. The standard InChI is InChI=1S/C20H21BrN2OS/c1-24-16-5-7-19-18(11-16)23(15-9-13-3-4-14(10-15)22-13)17-6-2-12(21)8-20(17)25-19/h2,5-8,11,13-15,22H,3-4,9-10H2,1H3. The van der Waals surface area contributed by atoms with Crippen molar-refractivity contribution in [3.05, 3.63) is 40.9 Å². The van der Waals surface area contributed by atoms with Crippen molar-refractivity contribution in [2.45, 2.75) is 53.6 Å².